The number of rotatable bonds is 9. The van der Waals surface area contributed by atoms with E-state index < -0.39 is 42.4 Å². The molecule has 57 heavy (non-hydrogen) atoms. The molecule has 4 heterocycles. The number of carbonyl (C=O) groups is 4. The summed E-state index contributed by atoms with van der Waals surface area (Å²) in [6.07, 6.45) is 1.83. The fourth-order valence-electron chi connectivity index (χ4n) is 8.45. The van der Waals surface area contributed by atoms with Crippen molar-refractivity contribution < 1.29 is 33.0 Å². The van der Waals surface area contributed by atoms with Crippen LogP contribution in [0, 0.1) is 29.6 Å². The number of likely N-dealkylation sites (tertiary alicyclic amines) is 2. The number of fused-ring (bicyclic) bond motifs is 3. The first-order valence-corrected chi connectivity index (χ1v) is 19.5. The van der Waals surface area contributed by atoms with Crippen molar-refractivity contribution in [2.75, 3.05) is 20.8 Å². The average molecular weight is 781 g/mol. The van der Waals surface area contributed by atoms with Crippen molar-refractivity contribution in [1.29, 1.82) is 0 Å². The number of hydrogen-bond donors (Lipinski definition) is 4. The van der Waals surface area contributed by atoms with E-state index in [2.05, 4.69) is 32.4 Å². The van der Waals surface area contributed by atoms with Crippen LogP contribution in [0.3, 0.4) is 0 Å². The lowest BCUT2D eigenvalue weighted by Gasteiger charge is -2.38. The summed E-state index contributed by atoms with van der Waals surface area (Å²) in [6.45, 7) is 8.04. The zero-order valence-corrected chi connectivity index (χ0v) is 33.0. The van der Waals surface area contributed by atoms with E-state index in [-0.39, 0.29) is 42.2 Å². The maximum atomic E-state index is 15.2. The molecule has 2 aromatic heterocycles. The molecule has 2 bridgehead atoms. The standard InChI is InChI=1S/C42H49FN8O6/c1-22(2)34(48-41(54)56-5)39(52)50-17-7-8-33(50)37-44-21-32(47-37)26-14-11-24(12-15-26)9-10-25-13-16-30-31(18-25)46-38(45-30)36-28-19-27(20-29(28)43)51(36)40(53)35(23(3)4)49-42(55)57-6/h11-16,18,21-23,27-29,33-36H,7-8,17,19-20H2,1-6H3,(H,44,47)(H,45,46)(H,48,54)(H,49,55)/t27-,28+,29-,33-,34-,35-,36-/m0/s1. The van der Waals surface area contributed by atoms with Crippen LogP contribution in [0.15, 0.2) is 48.7 Å². The summed E-state index contributed by atoms with van der Waals surface area (Å²) in [5.41, 5.74) is 4.58. The van der Waals surface area contributed by atoms with Crippen LogP contribution in [-0.4, -0.2) is 98.8 Å². The summed E-state index contributed by atoms with van der Waals surface area (Å²) in [4.78, 5) is 71.3. The number of benzene rings is 2. The molecule has 300 valence electrons. The number of imidazole rings is 2. The normalized spacial score (nSPS) is 22.4. The third-order valence-electron chi connectivity index (χ3n) is 11.4. The Kier molecular flexibility index (Phi) is 11.2. The van der Waals surface area contributed by atoms with Crippen LogP contribution in [0.2, 0.25) is 0 Å². The second kappa shape index (κ2) is 16.3. The molecule has 4 amide bonds. The Bertz CT molecular complexity index is 2210. The number of alkyl halides is 1. The topological polar surface area (TPSA) is 175 Å². The number of aromatic nitrogens is 4. The van der Waals surface area contributed by atoms with Gasteiger partial charge >= 0.3 is 12.2 Å². The van der Waals surface area contributed by atoms with Crippen LogP contribution < -0.4 is 10.6 Å². The Morgan fingerprint density at radius 3 is 2.18 bits per heavy atom. The van der Waals surface area contributed by atoms with Gasteiger partial charge < -0.3 is 39.9 Å². The van der Waals surface area contributed by atoms with Gasteiger partial charge in [0.25, 0.3) is 0 Å². The van der Waals surface area contributed by atoms with Gasteiger partial charge in [-0.15, -0.1) is 0 Å². The predicted molar refractivity (Wildman–Crippen MR) is 209 cm³/mol. The number of nitrogens with zero attached hydrogens (tertiary/aromatic N) is 4. The monoisotopic (exact) mass is 780 g/mol. The van der Waals surface area contributed by atoms with E-state index in [1.54, 1.807) is 9.80 Å². The van der Waals surface area contributed by atoms with Crippen molar-refractivity contribution in [3.05, 3.63) is 71.4 Å². The van der Waals surface area contributed by atoms with E-state index in [1.165, 1.54) is 14.2 Å². The van der Waals surface area contributed by atoms with Gasteiger partial charge in [0.2, 0.25) is 11.8 Å². The Labute approximate surface area is 330 Å². The zero-order valence-electron chi connectivity index (χ0n) is 33.0. The van der Waals surface area contributed by atoms with E-state index in [4.69, 9.17) is 19.4 Å². The maximum Gasteiger partial charge on any atom is 0.407 e. The number of halogens is 1. The summed E-state index contributed by atoms with van der Waals surface area (Å²) >= 11 is 0. The Balaban J connectivity index is 1.05. The third-order valence-corrected chi connectivity index (χ3v) is 11.4. The van der Waals surface area contributed by atoms with Crippen molar-refractivity contribution in [3.63, 3.8) is 0 Å². The quantitative estimate of drug-likeness (QED) is 0.155. The average Bonchev–Trinajstić information content (AvgIpc) is 4.05. The lowest BCUT2D eigenvalue weighted by atomic mass is 9.94. The molecule has 2 aromatic carbocycles. The number of hydrogen-bond acceptors (Lipinski definition) is 8. The number of H-pyrrole nitrogens is 2. The van der Waals surface area contributed by atoms with E-state index in [0.29, 0.717) is 30.1 Å². The SMILES string of the molecule is COC(=O)N[C@H](C(=O)N1CCC[C@H]1c1nc(-c2ccc(C#Cc3ccc4[nH]c([C@@H]5[C@@H]6C[C@@H](C[C@@H]6F)N5C(=O)[C@@H](NC(=O)OC)C(C)C)nc4c3)cc2)c[nH]1)C(C)C. The van der Waals surface area contributed by atoms with Crippen molar-refractivity contribution >= 4 is 35.0 Å². The van der Waals surface area contributed by atoms with Crippen LogP contribution in [0.4, 0.5) is 14.0 Å². The highest BCUT2D eigenvalue weighted by atomic mass is 19.1. The van der Waals surface area contributed by atoms with E-state index in [1.807, 2.05) is 76.4 Å². The molecule has 2 saturated heterocycles. The summed E-state index contributed by atoms with van der Waals surface area (Å²) in [5, 5.41) is 5.34. The van der Waals surface area contributed by atoms with Crippen molar-refractivity contribution in [2.45, 2.75) is 89.8 Å². The molecule has 4 N–H and O–H groups in total. The number of piperidine rings is 1. The Morgan fingerprint density at radius 1 is 0.860 bits per heavy atom. The van der Waals surface area contributed by atoms with Gasteiger partial charge in [0, 0.05) is 41.4 Å². The van der Waals surface area contributed by atoms with Crippen LogP contribution in [0.1, 0.15) is 88.2 Å². The molecular formula is C42H49FN8O6. The van der Waals surface area contributed by atoms with Gasteiger partial charge in [-0.1, -0.05) is 51.7 Å². The molecule has 1 saturated carbocycles. The fraction of sp³-hybridized carbons (Fsp3) is 0.476. The number of methoxy groups -OCH3 is 2. The molecule has 2 aliphatic heterocycles. The predicted octanol–water partition coefficient (Wildman–Crippen LogP) is 5.78. The molecule has 0 unspecified atom stereocenters. The van der Waals surface area contributed by atoms with Crippen LogP contribution in [0.5, 0.6) is 0 Å². The first-order chi connectivity index (χ1) is 27.4. The van der Waals surface area contributed by atoms with E-state index in [0.717, 1.165) is 40.7 Å². The summed E-state index contributed by atoms with van der Waals surface area (Å²) in [5.74, 6) is 6.47. The van der Waals surface area contributed by atoms with Crippen LogP contribution in [0.25, 0.3) is 22.3 Å². The first kappa shape index (κ1) is 39.3. The molecule has 14 nitrogen and oxygen atoms in total. The molecule has 3 aliphatic rings. The first-order valence-electron chi connectivity index (χ1n) is 19.5. The van der Waals surface area contributed by atoms with Crippen LogP contribution >= 0.6 is 0 Å². The summed E-state index contributed by atoms with van der Waals surface area (Å²) in [7, 11) is 2.53. The second-order valence-corrected chi connectivity index (χ2v) is 15.8. The smallest absolute Gasteiger partial charge is 0.407 e. The summed E-state index contributed by atoms with van der Waals surface area (Å²) in [6, 6.07) is 10.7. The molecule has 15 heteroatoms. The minimum Gasteiger partial charge on any atom is -0.453 e. The minimum atomic E-state index is -1.06. The number of ether oxygens (including phenoxy) is 2. The van der Waals surface area contributed by atoms with Gasteiger partial charge in [-0.05, 0) is 67.9 Å². The van der Waals surface area contributed by atoms with Gasteiger partial charge in [-0.2, -0.15) is 0 Å². The highest BCUT2D eigenvalue weighted by molar-refractivity contribution is 5.88. The molecule has 7 rings (SSSR count). The van der Waals surface area contributed by atoms with Gasteiger partial charge in [-0.25, -0.2) is 23.9 Å². The lowest BCUT2D eigenvalue weighted by Crippen LogP contribution is -2.54. The largest absolute Gasteiger partial charge is 0.453 e. The van der Waals surface area contributed by atoms with Gasteiger partial charge in [-0.3, -0.25) is 9.59 Å². The molecule has 1 aliphatic carbocycles. The third kappa shape index (κ3) is 7.90. The fourth-order valence-corrected chi connectivity index (χ4v) is 8.45. The Hall–Kier alpha value is -5.91. The molecule has 0 spiro atoms. The van der Waals surface area contributed by atoms with Gasteiger partial charge in [0.1, 0.15) is 29.9 Å². The molecular weight excluding hydrogens is 732 g/mol. The summed E-state index contributed by atoms with van der Waals surface area (Å²) < 4.78 is 24.7. The van der Waals surface area contributed by atoms with Crippen molar-refractivity contribution in [1.82, 2.24) is 40.4 Å². The number of aromatic amines is 2. The number of nitrogens with one attached hydrogen (secondary N) is 4. The highest BCUT2D eigenvalue weighted by Gasteiger charge is 2.56. The molecule has 7 atom stereocenters. The van der Waals surface area contributed by atoms with E-state index >= 15 is 4.39 Å². The van der Waals surface area contributed by atoms with Gasteiger partial charge in [0.05, 0.1) is 43.0 Å². The number of alkyl carbamates (subject to hydrolysis) is 2. The second-order valence-electron chi connectivity index (χ2n) is 15.8. The van der Waals surface area contributed by atoms with E-state index in [9.17, 15) is 19.2 Å². The number of amides is 4. The van der Waals surface area contributed by atoms with Crippen molar-refractivity contribution in [2.24, 2.45) is 17.8 Å². The molecule has 3 fully saturated rings. The number of carbonyl (C=O) groups excluding carboxylic acids is 4. The molecule has 0 radical (unpaired) electrons. The zero-order chi connectivity index (χ0) is 40.5. The minimum absolute atomic E-state index is 0.121. The highest BCUT2D eigenvalue weighted by Crippen LogP contribution is 2.51. The Morgan fingerprint density at radius 2 is 1.51 bits per heavy atom. The maximum absolute atomic E-state index is 15.2. The van der Waals surface area contributed by atoms with Gasteiger partial charge in [0.15, 0.2) is 0 Å². The lowest BCUT2D eigenvalue weighted by molar-refractivity contribution is -0.140. The van der Waals surface area contributed by atoms with Crippen LogP contribution in [-0.2, 0) is 19.1 Å². The van der Waals surface area contributed by atoms with Crippen molar-refractivity contribution in [3.8, 4) is 23.1 Å². The molecule has 4 aromatic rings.